The molecule has 1 N–H and O–H groups in total. The van der Waals surface area contributed by atoms with Crippen molar-refractivity contribution in [2.45, 2.75) is 23.2 Å². The molecule has 7 nitrogen and oxygen atoms in total. The zero-order chi connectivity index (χ0) is 29.6. The van der Waals surface area contributed by atoms with Gasteiger partial charge in [0.2, 0.25) is 5.82 Å². The number of hydrogen-bond acceptors (Lipinski definition) is 7. The van der Waals surface area contributed by atoms with Crippen LogP contribution in [0.1, 0.15) is 39.0 Å². The van der Waals surface area contributed by atoms with E-state index in [2.05, 4.69) is 44.8 Å². The van der Waals surface area contributed by atoms with Crippen LogP contribution >= 0.6 is 46.3 Å². The first-order chi connectivity index (χ1) is 21.1. The van der Waals surface area contributed by atoms with E-state index in [-0.39, 0.29) is 11.8 Å². The van der Waals surface area contributed by atoms with E-state index in [1.807, 2.05) is 41.0 Å². The largest absolute Gasteiger partial charge is 0.461 e. The predicted octanol–water partition coefficient (Wildman–Crippen LogP) is 8.53. The van der Waals surface area contributed by atoms with E-state index in [0.29, 0.717) is 50.5 Å². The van der Waals surface area contributed by atoms with E-state index >= 15 is 0 Å². The average Bonchev–Trinajstić information content (AvgIpc) is 3.82. The maximum absolute atomic E-state index is 13.0. The van der Waals surface area contributed by atoms with Gasteiger partial charge in [0.15, 0.2) is 10.9 Å². The number of thioether (sulfide) groups is 1. The number of nitrogens with zero attached hydrogens (tertiary/aromatic N) is 4. The zero-order valence-electron chi connectivity index (χ0n) is 22.7. The van der Waals surface area contributed by atoms with Gasteiger partial charge >= 0.3 is 0 Å². The van der Waals surface area contributed by atoms with Crippen LogP contribution in [0, 0.1) is 0 Å². The second kappa shape index (κ2) is 13.6. The molecule has 0 aliphatic rings. The molecule has 6 aromatic rings. The Kier molecular flexibility index (Phi) is 9.24. The fourth-order valence-corrected chi connectivity index (χ4v) is 6.83. The number of carbonyl (C=O) groups is 1. The topological polar surface area (TPSA) is 85.8 Å². The fraction of sp³-hybridized carbons (Fsp3) is 0.125. The smallest absolute Gasteiger partial charge is 0.270 e. The molecule has 11 heteroatoms. The first-order valence-corrected chi connectivity index (χ1v) is 16.1. The first kappa shape index (κ1) is 29.2. The molecule has 0 unspecified atom stereocenters. The molecule has 3 heterocycles. The number of benzene rings is 3. The Bertz CT molecular complexity index is 1770. The van der Waals surface area contributed by atoms with Crippen molar-refractivity contribution in [2.24, 2.45) is 0 Å². The van der Waals surface area contributed by atoms with Crippen LogP contribution in [0.3, 0.4) is 0 Å². The standard InChI is InChI=1S/C32H25Cl2N5O2S2/c33-23-13-14-25(34)27(18-23)39-30(28-12-7-17-41-28)37-38-32(39)43-20-29-36-26(19-42-29)31(40)35-16-15-24(21-8-3-1-4-9-21)22-10-5-2-6-11-22/h1-14,17-19,24H,15-16,20H2,(H,35,40). The van der Waals surface area contributed by atoms with Crippen molar-refractivity contribution in [3.8, 4) is 17.3 Å². The summed E-state index contributed by atoms with van der Waals surface area (Å²) >= 11 is 15.7. The summed E-state index contributed by atoms with van der Waals surface area (Å²) in [6.07, 6.45) is 2.35. The van der Waals surface area contributed by atoms with Gasteiger partial charge in [-0.25, -0.2) is 4.98 Å². The molecule has 1 amide bonds. The molecule has 216 valence electrons. The van der Waals surface area contributed by atoms with E-state index in [1.54, 1.807) is 42.0 Å². The van der Waals surface area contributed by atoms with Crippen LogP contribution in [0.25, 0.3) is 17.3 Å². The summed E-state index contributed by atoms with van der Waals surface area (Å²) in [6.45, 7) is 0.522. The van der Waals surface area contributed by atoms with Gasteiger partial charge < -0.3 is 9.73 Å². The second-order valence-corrected chi connectivity index (χ2v) is 12.3. The number of furan rings is 1. The molecule has 0 fully saturated rings. The van der Waals surface area contributed by atoms with E-state index in [0.717, 1.165) is 11.4 Å². The van der Waals surface area contributed by atoms with Gasteiger partial charge in [-0.3, -0.25) is 9.36 Å². The van der Waals surface area contributed by atoms with Crippen LogP contribution in [-0.4, -0.2) is 32.2 Å². The third-order valence-corrected chi connectivity index (χ3v) is 9.28. The van der Waals surface area contributed by atoms with Crippen LogP contribution in [0.15, 0.2) is 112 Å². The molecule has 0 aliphatic carbocycles. The van der Waals surface area contributed by atoms with Gasteiger partial charge in [0.25, 0.3) is 5.91 Å². The molecular formula is C32H25Cl2N5O2S2. The Morgan fingerprint density at radius 1 is 0.953 bits per heavy atom. The Hall–Kier alpha value is -3.89. The molecule has 6 rings (SSSR count). The van der Waals surface area contributed by atoms with E-state index in [9.17, 15) is 4.79 Å². The van der Waals surface area contributed by atoms with Crippen molar-refractivity contribution in [1.82, 2.24) is 25.1 Å². The minimum atomic E-state index is -0.193. The summed E-state index contributed by atoms with van der Waals surface area (Å²) in [5.74, 6) is 1.52. The Labute approximate surface area is 266 Å². The van der Waals surface area contributed by atoms with Crippen LogP contribution in [-0.2, 0) is 5.75 Å². The maximum atomic E-state index is 13.0. The summed E-state index contributed by atoms with van der Waals surface area (Å²) in [7, 11) is 0. The molecule has 0 saturated heterocycles. The van der Waals surface area contributed by atoms with Gasteiger partial charge in [-0.15, -0.1) is 21.5 Å². The van der Waals surface area contributed by atoms with Crippen LogP contribution in [0.4, 0.5) is 0 Å². The highest BCUT2D eigenvalue weighted by atomic mass is 35.5. The summed E-state index contributed by atoms with van der Waals surface area (Å²) in [4.78, 5) is 17.6. The number of nitrogens with one attached hydrogen (secondary N) is 1. The number of thiazole rings is 1. The summed E-state index contributed by atoms with van der Waals surface area (Å²) in [5.41, 5.74) is 3.47. The van der Waals surface area contributed by atoms with Gasteiger partial charge in [-0.2, -0.15) is 0 Å². The highest BCUT2D eigenvalue weighted by molar-refractivity contribution is 7.98. The lowest BCUT2D eigenvalue weighted by atomic mass is 9.88. The van der Waals surface area contributed by atoms with Crippen molar-refractivity contribution < 1.29 is 9.21 Å². The van der Waals surface area contributed by atoms with Crippen molar-refractivity contribution in [1.29, 1.82) is 0 Å². The molecule has 3 aromatic heterocycles. The second-order valence-electron chi connectivity index (χ2n) is 9.55. The molecule has 0 radical (unpaired) electrons. The molecule has 0 atom stereocenters. The van der Waals surface area contributed by atoms with Crippen LogP contribution in [0.5, 0.6) is 0 Å². The number of rotatable bonds is 11. The summed E-state index contributed by atoms with van der Waals surface area (Å²) in [6, 6.07) is 29.5. The van der Waals surface area contributed by atoms with Gasteiger partial charge in [0.05, 0.1) is 22.7 Å². The third-order valence-electron chi connectivity index (χ3n) is 6.76. The molecular weight excluding hydrogens is 621 g/mol. The first-order valence-electron chi connectivity index (χ1n) is 13.5. The van der Waals surface area contributed by atoms with Crippen LogP contribution in [0.2, 0.25) is 10.0 Å². The molecule has 0 aliphatic heterocycles. The third kappa shape index (κ3) is 6.86. The molecule has 0 spiro atoms. The lowest BCUT2D eigenvalue weighted by Crippen LogP contribution is -2.26. The van der Waals surface area contributed by atoms with Gasteiger partial charge in [0, 0.05) is 22.9 Å². The Morgan fingerprint density at radius 3 is 2.40 bits per heavy atom. The average molecular weight is 647 g/mol. The predicted molar refractivity (Wildman–Crippen MR) is 172 cm³/mol. The highest BCUT2D eigenvalue weighted by Gasteiger charge is 2.21. The van der Waals surface area contributed by atoms with Gasteiger partial charge in [-0.1, -0.05) is 95.6 Å². The number of amides is 1. The van der Waals surface area contributed by atoms with Gasteiger partial charge in [0.1, 0.15) is 10.7 Å². The monoisotopic (exact) mass is 645 g/mol. The van der Waals surface area contributed by atoms with Crippen molar-refractivity contribution in [2.75, 3.05) is 6.54 Å². The number of halogens is 2. The zero-order valence-corrected chi connectivity index (χ0v) is 25.8. The lowest BCUT2D eigenvalue weighted by molar-refractivity contribution is 0.0948. The Morgan fingerprint density at radius 2 is 1.70 bits per heavy atom. The van der Waals surface area contributed by atoms with E-state index in [4.69, 9.17) is 27.6 Å². The molecule has 3 aromatic carbocycles. The normalized spacial score (nSPS) is 11.2. The fourth-order valence-electron chi connectivity index (χ4n) is 4.73. The van der Waals surface area contributed by atoms with Crippen LogP contribution < -0.4 is 5.32 Å². The quantitative estimate of drug-likeness (QED) is 0.142. The van der Waals surface area contributed by atoms with E-state index in [1.165, 1.54) is 34.2 Å². The number of aromatic nitrogens is 4. The maximum Gasteiger partial charge on any atom is 0.270 e. The minimum absolute atomic E-state index is 0.182. The number of hydrogen-bond donors (Lipinski definition) is 1. The minimum Gasteiger partial charge on any atom is -0.461 e. The molecule has 0 saturated carbocycles. The Balaban J connectivity index is 1.12. The summed E-state index contributed by atoms with van der Waals surface area (Å²) in [5, 5.41) is 16.0. The van der Waals surface area contributed by atoms with Gasteiger partial charge in [-0.05, 0) is 47.9 Å². The van der Waals surface area contributed by atoms with Crippen molar-refractivity contribution in [3.63, 3.8) is 0 Å². The van der Waals surface area contributed by atoms with Crippen molar-refractivity contribution >= 4 is 52.2 Å². The summed E-state index contributed by atoms with van der Waals surface area (Å²) < 4.78 is 7.41. The lowest BCUT2D eigenvalue weighted by Gasteiger charge is -2.18. The number of carbonyl (C=O) groups excluding carboxylic acids is 1. The molecule has 43 heavy (non-hydrogen) atoms. The highest BCUT2D eigenvalue weighted by Crippen LogP contribution is 2.34. The SMILES string of the molecule is O=C(NCCC(c1ccccc1)c1ccccc1)c1csc(CSc2nnc(-c3ccco3)n2-c2cc(Cl)ccc2Cl)n1. The van der Waals surface area contributed by atoms with Crippen molar-refractivity contribution in [3.05, 3.63) is 135 Å². The van der Waals surface area contributed by atoms with E-state index < -0.39 is 0 Å². The molecule has 0 bridgehead atoms.